The van der Waals surface area contributed by atoms with Crippen LogP contribution >= 0.6 is 11.6 Å². The molecule has 1 aromatic carbocycles. The lowest BCUT2D eigenvalue weighted by Crippen LogP contribution is -2.09. The number of phenolic OH excluding ortho intramolecular Hbond substituents is 1. The van der Waals surface area contributed by atoms with Crippen LogP contribution in [0.4, 0.5) is 0 Å². The second-order valence-electron chi connectivity index (χ2n) is 3.54. The molecule has 0 aliphatic heterocycles. The first kappa shape index (κ1) is 12.6. The van der Waals surface area contributed by atoms with Crippen LogP contribution in [0.15, 0.2) is 6.07 Å². The van der Waals surface area contributed by atoms with E-state index < -0.39 is 11.9 Å². The summed E-state index contributed by atoms with van der Waals surface area (Å²) in [7, 11) is 1.38. The summed E-state index contributed by atoms with van der Waals surface area (Å²) in [6.07, 6.45) is 0. The fourth-order valence-corrected chi connectivity index (χ4v) is 1.77. The summed E-state index contributed by atoms with van der Waals surface area (Å²) in [6, 6.07) is 1.57. The Morgan fingerprint density at radius 3 is 2.56 bits per heavy atom. The van der Waals surface area contributed by atoms with E-state index in [0.29, 0.717) is 11.1 Å². The van der Waals surface area contributed by atoms with Crippen molar-refractivity contribution in [1.29, 1.82) is 0 Å². The number of carbonyl (C=O) groups is 1. The highest BCUT2D eigenvalue weighted by Crippen LogP contribution is 2.41. The fourth-order valence-electron chi connectivity index (χ4n) is 1.44. The smallest absolute Gasteiger partial charge is 0.310 e. The Labute approximate surface area is 98.4 Å². The van der Waals surface area contributed by atoms with Gasteiger partial charge in [-0.1, -0.05) is 11.6 Å². The van der Waals surface area contributed by atoms with Crippen molar-refractivity contribution in [1.82, 2.24) is 0 Å². The molecule has 88 valence electrons. The first-order valence-electron chi connectivity index (χ1n) is 4.68. The van der Waals surface area contributed by atoms with Crippen LogP contribution in [-0.4, -0.2) is 23.3 Å². The zero-order chi connectivity index (χ0) is 12.5. The van der Waals surface area contributed by atoms with Crippen molar-refractivity contribution >= 4 is 17.6 Å². The average molecular weight is 245 g/mol. The molecule has 0 aliphatic carbocycles. The highest BCUT2D eigenvalue weighted by Gasteiger charge is 2.23. The molecule has 0 radical (unpaired) electrons. The zero-order valence-electron chi connectivity index (χ0n) is 9.24. The Morgan fingerprint density at radius 1 is 1.56 bits per heavy atom. The van der Waals surface area contributed by atoms with Crippen LogP contribution in [0.25, 0.3) is 0 Å². The maximum Gasteiger partial charge on any atom is 0.310 e. The van der Waals surface area contributed by atoms with E-state index >= 15 is 0 Å². The van der Waals surface area contributed by atoms with Gasteiger partial charge in [0.15, 0.2) is 0 Å². The van der Waals surface area contributed by atoms with E-state index in [-0.39, 0.29) is 16.5 Å². The number of hydrogen-bond acceptors (Lipinski definition) is 3. The van der Waals surface area contributed by atoms with Gasteiger partial charge in [-0.05, 0) is 25.5 Å². The van der Waals surface area contributed by atoms with Gasteiger partial charge in [0, 0.05) is 5.56 Å². The topological polar surface area (TPSA) is 66.8 Å². The molecule has 1 aromatic rings. The summed E-state index contributed by atoms with van der Waals surface area (Å²) >= 11 is 5.88. The number of phenols is 1. The Kier molecular flexibility index (Phi) is 3.65. The largest absolute Gasteiger partial charge is 0.506 e. The van der Waals surface area contributed by atoms with E-state index in [2.05, 4.69) is 0 Å². The molecule has 4 nitrogen and oxygen atoms in total. The minimum Gasteiger partial charge on any atom is -0.506 e. The van der Waals surface area contributed by atoms with Crippen molar-refractivity contribution in [2.45, 2.75) is 19.8 Å². The second-order valence-corrected chi connectivity index (χ2v) is 3.92. The molecule has 1 unspecified atom stereocenters. The van der Waals surface area contributed by atoms with E-state index in [1.165, 1.54) is 14.0 Å². The maximum atomic E-state index is 10.9. The molecule has 0 fully saturated rings. The normalized spacial score (nSPS) is 12.2. The molecule has 5 heteroatoms. The lowest BCUT2D eigenvalue weighted by Gasteiger charge is -2.16. The molecule has 16 heavy (non-hydrogen) atoms. The van der Waals surface area contributed by atoms with Gasteiger partial charge in [0.1, 0.15) is 16.5 Å². The highest BCUT2D eigenvalue weighted by atomic mass is 35.5. The third-order valence-electron chi connectivity index (χ3n) is 2.46. The van der Waals surface area contributed by atoms with Crippen molar-refractivity contribution in [3.63, 3.8) is 0 Å². The summed E-state index contributed by atoms with van der Waals surface area (Å²) in [6.45, 7) is 3.19. The fraction of sp³-hybridized carbons (Fsp3) is 0.364. The van der Waals surface area contributed by atoms with E-state index in [1.807, 2.05) is 0 Å². The molecule has 0 spiro atoms. The third-order valence-corrected chi connectivity index (χ3v) is 2.81. The van der Waals surface area contributed by atoms with Gasteiger partial charge >= 0.3 is 5.97 Å². The summed E-state index contributed by atoms with van der Waals surface area (Å²) in [5.41, 5.74) is 0.976. The Hall–Kier alpha value is -1.42. The van der Waals surface area contributed by atoms with Crippen LogP contribution in [0.2, 0.25) is 5.02 Å². The van der Waals surface area contributed by atoms with Gasteiger partial charge in [0.25, 0.3) is 0 Å². The van der Waals surface area contributed by atoms with Crippen LogP contribution in [0.3, 0.4) is 0 Å². The van der Waals surface area contributed by atoms with Crippen LogP contribution in [0.1, 0.15) is 24.0 Å². The van der Waals surface area contributed by atoms with Crippen molar-refractivity contribution in [3.8, 4) is 11.5 Å². The van der Waals surface area contributed by atoms with Crippen molar-refractivity contribution in [2.75, 3.05) is 7.11 Å². The number of hydrogen-bond donors (Lipinski definition) is 2. The number of rotatable bonds is 3. The first-order valence-corrected chi connectivity index (χ1v) is 5.06. The lowest BCUT2D eigenvalue weighted by molar-refractivity contribution is -0.138. The van der Waals surface area contributed by atoms with Gasteiger partial charge < -0.3 is 14.9 Å². The molecule has 0 aliphatic rings. The Morgan fingerprint density at radius 2 is 2.12 bits per heavy atom. The number of aromatic hydroxyl groups is 1. The molecule has 0 amide bonds. The third kappa shape index (κ3) is 2.07. The molecule has 0 bridgehead atoms. The molecule has 2 N–H and O–H groups in total. The number of aryl methyl sites for hydroxylation is 1. The molecule has 0 saturated heterocycles. The second kappa shape index (κ2) is 4.61. The predicted molar refractivity (Wildman–Crippen MR) is 60.5 cm³/mol. The first-order chi connectivity index (χ1) is 7.40. The summed E-state index contributed by atoms with van der Waals surface area (Å²) < 4.78 is 5.03. The average Bonchev–Trinajstić information content (AvgIpc) is 2.24. The summed E-state index contributed by atoms with van der Waals surface area (Å²) in [4.78, 5) is 10.9. The Balaban J connectivity index is 3.44. The number of aliphatic carboxylic acids is 1. The Bertz CT molecular complexity index is 428. The molecular formula is C11H13ClO4. The SMILES string of the molecule is COc1c(C(C)C(=O)O)cc(C)c(O)c1Cl. The van der Waals surface area contributed by atoms with Crippen LogP contribution in [0.5, 0.6) is 11.5 Å². The standard InChI is InChI=1S/C11H13ClO4/c1-5-4-7(6(2)11(14)15)10(16-3)8(12)9(5)13/h4,6,13H,1-3H3,(H,14,15). The van der Waals surface area contributed by atoms with Gasteiger partial charge in [0.05, 0.1) is 13.0 Å². The van der Waals surface area contributed by atoms with Gasteiger partial charge in [-0.15, -0.1) is 0 Å². The number of carboxylic acids is 1. The molecular weight excluding hydrogens is 232 g/mol. The van der Waals surface area contributed by atoms with Gasteiger partial charge in [-0.25, -0.2) is 0 Å². The van der Waals surface area contributed by atoms with Crippen LogP contribution < -0.4 is 4.74 Å². The van der Waals surface area contributed by atoms with E-state index in [1.54, 1.807) is 13.0 Å². The van der Waals surface area contributed by atoms with E-state index in [4.69, 9.17) is 21.4 Å². The number of carboxylic acid groups (broad SMARTS) is 1. The van der Waals surface area contributed by atoms with Gasteiger partial charge in [-0.3, -0.25) is 4.79 Å². The zero-order valence-corrected chi connectivity index (χ0v) is 10.00. The number of halogens is 1. The quantitative estimate of drug-likeness (QED) is 0.858. The van der Waals surface area contributed by atoms with Gasteiger partial charge in [0.2, 0.25) is 0 Å². The maximum absolute atomic E-state index is 10.9. The highest BCUT2D eigenvalue weighted by molar-refractivity contribution is 6.33. The van der Waals surface area contributed by atoms with Crippen molar-refractivity contribution in [3.05, 3.63) is 22.2 Å². The molecule has 0 heterocycles. The van der Waals surface area contributed by atoms with E-state index in [0.717, 1.165) is 0 Å². The summed E-state index contributed by atoms with van der Waals surface area (Å²) in [5.74, 6) is -1.59. The number of ether oxygens (including phenoxy) is 1. The van der Waals surface area contributed by atoms with Crippen LogP contribution in [0, 0.1) is 6.92 Å². The monoisotopic (exact) mass is 244 g/mol. The summed E-state index contributed by atoms with van der Waals surface area (Å²) in [5, 5.41) is 18.6. The van der Waals surface area contributed by atoms with E-state index in [9.17, 15) is 9.90 Å². The molecule has 0 aromatic heterocycles. The van der Waals surface area contributed by atoms with Crippen LogP contribution in [-0.2, 0) is 4.79 Å². The molecule has 0 saturated carbocycles. The molecule has 1 atom stereocenters. The number of benzene rings is 1. The molecule has 1 rings (SSSR count). The lowest BCUT2D eigenvalue weighted by atomic mass is 9.97. The predicted octanol–water partition coefficient (Wildman–Crippen LogP) is 2.55. The van der Waals surface area contributed by atoms with Crippen molar-refractivity contribution in [2.24, 2.45) is 0 Å². The minimum absolute atomic E-state index is 0.0469. The number of methoxy groups -OCH3 is 1. The van der Waals surface area contributed by atoms with Gasteiger partial charge in [-0.2, -0.15) is 0 Å². The minimum atomic E-state index is -0.973. The van der Waals surface area contributed by atoms with Crippen molar-refractivity contribution < 1.29 is 19.7 Å².